The first-order valence-corrected chi connectivity index (χ1v) is 11.6. The number of aromatic nitrogens is 2. The zero-order valence-corrected chi connectivity index (χ0v) is 20.1. The number of carbonyl (C=O) groups excluding carboxylic acids is 1. The molecule has 1 saturated heterocycles. The Morgan fingerprint density at radius 3 is 2.61 bits per heavy atom. The summed E-state index contributed by atoms with van der Waals surface area (Å²) < 4.78 is 23.8. The Hall–Kier alpha value is -4.18. The van der Waals surface area contributed by atoms with Crippen LogP contribution in [0.3, 0.4) is 0 Å². The van der Waals surface area contributed by atoms with Gasteiger partial charge in [0.2, 0.25) is 11.9 Å². The van der Waals surface area contributed by atoms with Gasteiger partial charge in [-0.1, -0.05) is 12.6 Å². The SMILES string of the molecule is C=CC(=O)Nc1cccc(Oc2nc(Nc3ccc(N4CCN(CCF)CC4)cc3)ncc2OC)c1. The van der Waals surface area contributed by atoms with Gasteiger partial charge in [0.15, 0.2) is 5.75 Å². The molecule has 36 heavy (non-hydrogen) atoms. The molecule has 1 fully saturated rings. The van der Waals surface area contributed by atoms with E-state index in [4.69, 9.17) is 9.47 Å². The Labute approximate surface area is 209 Å². The lowest BCUT2D eigenvalue weighted by atomic mass is 10.2. The second-order valence-electron chi connectivity index (χ2n) is 8.08. The highest BCUT2D eigenvalue weighted by Crippen LogP contribution is 2.31. The molecule has 0 atom stereocenters. The van der Waals surface area contributed by atoms with Gasteiger partial charge >= 0.3 is 0 Å². The molecule has 1 amide bonds. The highest BCUT2D eigenvalue weighted by molar-refractivity contribution is 5.98. The predicted molar refractivity (Wildman–Crippen MR) is 138 cm³/mol. The second kappa shape index (κ2) is 12.0. The number of nitrogens with one attached hydrogen (secondary N) is 2. The lowest BCUT2D eigenvalue weighted by molar-refractivity contribution is -0.111. The molecule has 2 N–H and O–H groups in total. The molecule has 2 aromatic carbocycles. The van der Waals surface area contributed by atoms with Gasteiger partial charge in [-0.3, -0.25) is 9.69 Å². The topological polar surface area (TPSA) is 91.8 Å². The number of piperazine rings is 1. The Morgan fingerprint density at radius 1 is 1.14 bits per heavy atom. The predicted octanol–water partition coefficient (Wildman–Crippen LogP) is 4.24. The van der Waals surface area contributed by atoms with E-state index >= 15 is 0 Å². The maximum absolute atomic E-state index is 12.6. The molecule has 0 bridgehead atoms. The fourth-order valence-corrected chi connectivity index (χ4v) is 3.80. The lowest BCUT2D eigenvalue weighted by Crippen LogP contribution is -2.47. The number of methoxy groups -OCH3 is 1. The summed E-state index contributed by atoms with van der Waals surface area (Å²) >= 11 is 0. The molecule has 0 unspecified atom stereocenters. The first-order chi connectivity index (χ1) is 17.6. The molecule has 9 nitrogen and oxygen atoms in total. The van der Waals surface area contributed by atoms with Crippen molar-refractivity contribution >= 4 is 28.9 Å². The molecule has 1 aliphatic rings. The molecule has 0 aliphatic carbocycles. The van der Waals surface area contributed by atoms with Crippen LogP contribution in [0.1, 0.15) is 0 Å². The minimum atomic E-state index is -0.316. The summed E-state index contributed by atoms with van der Waals surface area (Å²) in [6.07, 6.45) is 2.72. The van der Waals surface area contributed by atoms with Gasteiger partial charge in [0.25, 0.3) is 5.88 Å². The third kappa shape index (κ3) is 6.48. The van der Waals surface area contributed by atoms with Gasteiger partial charge in [0.05, 0.1) is 13.3 Å². The minimum Gasteiger partial charge on any atom is -0.490 e. The highest BCUT2D eigenvalue weighted by Gasteiger charge is 2.17. The summed E-state index contributed by atoms with van der Waals surface area (Å²) in [5, 5.41) is 5.88. The number of benzene rings is 2. The Morgan fingerprint density at radius 2 is 1.92 bits per heavy atom. The van der Waals surface area contributed by atoms with Gasteiger partial charge in [-0.2, -0.15) is 4.98 Å². The number of rotatable bonds is 10. The Balaban J connectivity index is 1.43. The van der Waals surface area contributed by atoms with Crippen molar-refractivity contribution in [2.45, 2.75) is 0 Å². The van der Waals surface area contributed by atoms with E-state index in [-0.39, 0.29) is 18.5 Å². The van der Waals surface area contributed by atoms with Crippen LogP contribution in [0.2, 0.25) is 0 Å². The molecule has 1 aromatic heterocycles. The number of ether oxygens (including phenoxy) is 2. The quantitative estimate of drug-likeness (QED) is 0.406. The van der Waals surface area contributed by atoms with Gasteiger partial charge < -0.3 is 25.0 Å². The molecule has 0 spiro atoms. The Kier molecular flexibility index (Phi) is 8.30. The van der Waals surface area contributed by atoms with Crippen molar-refractivity contribution < 1.29 is 18.7 Å². The monoisotopic (exact) mass is 492 g/mol. The van der Waals surface area contributed by atoms with Crippen LogP contribution < -0.4 is 25.0 Å². The fraction of sp³-hybridized carbons (Fsp3) is 0.269. The minimum absolute atomic E-state index is 0.227. The van der Waals surface area contributed by atoms with Crippen molar-refractivity contribution in [3.05, 3.63) is 67.4 Å². The maximum Gasteiger partial charge on any atom is 0.267 e. The molecule has 0 radical (unpaired) electrons. The van der Waals surface area contributed by atoms with Crippen molar-refractivity contribution in [2.75, 3.05) is 62.0 Å². The molecule has 188 valence electrons. The van der Waals surface area contributed by atoms with E-state index in [0.29, 0.717) is 29.7 Å². The molecule has 0 saturated carbocycles. The largest absolute Gasteiger partial charge is 0.490 e. The summed E-state index contributed by atoms with van der Waals surface area (Å²) in [7, 11) is 1.51. The summed E-state index contributed by atoms with van der Waals surface area (Å²) in [6.45, 7) is 7.10. The average molecular weight is 493 g/mol. The van der Waals surface area contributed by atoms with E-state index in [1.807, 2.05) is 24.3 Å². The summed E-state index contributed by atoms with van der Waals surface area (Å²) in [4.78, 5) is 24.8. The number of hydrogen-bond acceptors (Lipinski definition) is 8. The summed E-state index contributed by atoms with van der Waals surface area (Å²) in [6, 6.07) is 14.9. The number of amides is 1. The first-order valence-electron chi connectivity index (χ1n) is 11.6. The average Bonchev–Trinajstić information content (AvgIpc) is 2.90. The van der Waals surface area contributed by atoms with Gasteiger partial charge in [-0.25, -0.2) is 9.37 Å². The van der Waals surface area contributed by atoms with Gasteiger partial charge in [-0.15, -0.1) is 0 Å². The maximum atomic E-state index is 12.6. The van der Waals surface area contributed by atoms with Crippen LogP contribution in [0.25, 0.3) is 0 Å². The molecular formula is C26H29FN6O3. The number of nitrogens with zero attached hydrogens (tertiary/aromatic N) is 4. The smallest absolute Gasteiger partial charge is 0.267 e. The Bertz CT molecular complexity index is 1180. The van der Waals surface area contributed by atoms with E-state index in [9.17, 15) is 9.18 Å². The van der Waals surface area contributed by atoms with Crippen LogP contribution in [-0.4, -0.2) is 67.3 Å². The zero-order chi connectivity index (χ0) is 25.3. The van der Waals surface area contributed by atoms with Crippen molar-refractivity contribution in [1.82, 2.24) is 14.9 Å². The van der Waals surface area contributed by atoms with Crippen LogP contribution >= 0.6 is 0 Å². The third-order valence-corrected chi connectivity index (χ3v) is 5.71. The second-order valence-corrected chi connectivity index (χ2v) is 8.08. The fourth-order valence-electron chi connectivity index (χ4n) is 3.80. The molecule has 3 aromatic rings. The molecule has 4 rings (SSSR count). The summed E-state index contributed by atoms with van der Waals surface area (Å²) in [5.74, 6) is 1.09. The number of hydrogen-bond donors (Lipinski definition) is 2. The third-order valence-electron chi connectivity index (χ3n) is 5.71. The van der Waals surface area contributed by atoms with Crippen LogP contribution in [-0.2, 0) is 4.79 Å². The van der Waals surface area contributed by atoms with Crippen LogP contribution in [0.15, 0.2) is 67.4 Å². The van der Waals surface area contributed by atoms with E-state index < -0.39 is 0 Å². The molecule has 1 aliphatic heterocycles. The van der Waals surface area contributed by atoms with Gasteiger partial charge in [0, 0.05) is 55.9 Å². The zero-order valence-electron chi connectivity index (χ0n) is 20.1. The van der Waals surface area contributed by atoms with Crippen molar-refractivity contribution in [3.8, 4) is 17.4 Å². The standard InChI is InChI=1S/C26H29FN6O3/c1-3-24(34)29-20-5-4-6-22(17-20)36-25-23(35-2)18-28-26(31-25)30-19-7-9-21(10-8-19)33-15-13-32(12-11-27)14-16-33/h3-10,17-18H,1,11-16H2,2H3,(H,29,34)(H,28,30,31). The summed E-state index contributed by atoms with van der Waals surface area (Å²) in [5.41, 5.74) is 2.50. The van der Waals surface area contributed by atoms with E-state index in [0.717, 1.165) is 37.6 Å². The lowest BCUT2D eigenvalue weighted by Gasteiger charge is -2.35. The highest BCUT2D eigenvalue weighted by atomic mass is 19.1. The number of anilines is 4. The number of halogens is 1. The molecule has 2 heterocycles. The number of alkyl halides is 1. The van der Waals surface area contributed by atoms with Crippen molar-refractivity contribution in [3.63, 3.8) is 0 Å². The van der Waals surface area contributed by atoms with E-state index in [2.05, 4.69) is 37.0 Å². The van der Waals surface area contributed by atoms with Gasteiger partial charge in [0.1, 0.15) is 12.4 Å². The number of carbonyl (C=O) groups is 1. The molecular weight excluding hydrogens is 463 g/mol. The van der Waals surface area contributed by atoms with Crippen molar-refractivity contribution in [1.29, 1.82) is 0 Å². The van der Waals surface area contributed by atoms with Crippen LogP contribution in [0.5, 0.6) is 17.4 Å². The van der Waals surface area contributed by atoms with Gasteiger partial charge in [-0.05, 0) is 42.5 Å². The van der Waals surface area contributed by atoms with Crippen molar-refractivity contribution in [2.24, 2.45) is 0 Å². The van der Waals surface area contributed by atoms with Crippen LogP contribution in [0.4, 0.5) is 27.4 Å². The normalized spacial score (nSPS) is 13.7. The molecule has 10 heteroatoms. The first kappa shape index (κ1) is 24.9. The van der Waals surface area contributed by atoms with E-state index in [1.54, 1.807) is 24.3 Å². The van der Waals surface area contributed by atoms with Crippen LogP contribution in [0, 0.1) is 0 Å². The van der Waals surface area contributed by atoms with E-state index in [1.165, 1.54) is 19.4 Å².